The zero-order valence-electron chi connectivity index (χ0n) is 7.42. The molecule has 14 heavy (non-hydrogen) atoms. The summed E-state index contributed by atoms with van der Waals surface area (Å²) in [6.07, 6.45) is -3.18. The molecule has 2 heterocycles. The molecule has 2 fully saturated rings. The van der Waals surface area contributed by atoms with Crippen LogP contribution >= 0.6 is 0 Å². The smallest absolute Gasteiger partial charge is 0.195 e. The van der Waals surface area contributed by atoms with Gasteiger partial charge in [0.15, 0.2) is 11.4 Å². The maximum atomic E-state index is 11.3. The maximum absolute atomic E-state index is 11.3. The van der Waals surface area contributed by atoms with Gasteiger partial charge in [0.25, 0.3) is 0 Å². The lowest BCUT2D eigenvalue weighted by Crippen LogP contribution is -2.67. The van der Waals surface area contributed by atoms with Gasteiger partial charge in [-0.05, 0) is 0 Å². The first kappa shape index (κ1) is 10.0. The number of ether oxygens (including phenoxy) is 2. The minimum atomic E-state index is -1.46. The molecule has 0 bridgehead atoms. The van der Waals surface area contributed by atoms with Gasteiger partial charge in [-0.25, -0.2) is 0 Å². The lowest BCUT2D eigenvalue weighted by molar-refractivity contribution is -0.222. The molecule has 2 rings (SSSR count). The summed E-state index contributed by atoms with van der Waals surface area (Å²) in [4.78, 5) is 11.3. The third-order valence-electron chi connectivity index (χ3n) is 2.78. The molecule has 0 aliphatic carbocycles. The quantitative estimate of drug-likeness (QED) is 0.458. The molecule has 2 aliphatic rings. The highest BCUT2D eigenvalue weighted by Gasteiger charge is 2.59. The van der Waals surface area contributed by atoms with Crippen molar-refractivity contribution in [3.8, 4) is 0 Å². The number of hydrogen-bond acceptors (Lipinski definition) is 6. The van der Waals surface area contributed by atoms with Crippen molar-refractivity contribution in [3.63, 3.8) is 0 Å². The molecule has 0 unspecified atom stereocenters. The zero-order valence-corrected chi connectivity index (χ0v) is 7.42. The van der Waals surface area contributed by atoms with E-state index in [-0.39, 0.29) is 19.0 Å². The molecule has 4 atom stereocenters. The largest absolute Gasteiger partial charge is 0.393 e. The van der Waals surface area contributed by atoms with Gasteiger partial charge in [0.2, 0.25) is 0 Å². The molecule has 0 amide bonds. The molecule has 6 nitrogen and oxygen atoms in total. The highest BCUT2D eigenvalue weighted by atomic mass is 16.6. The Balaban J connectivity index is 2.17. The first-order valence-corrected chi connectivity index (χ1v) is 4.37. The van der Waals surface area contributed by atoms with E-state index in [9.17, 15) is 15.0 Å². The summed E-state index contributed by atoms with van der Waals surface area (Å²) in [5, 5.41) is 27.8. The predicted molar refractivity (Wildman–Crippen MR) is 42.5 cm³/mol. The van der Waals surface area contributed by atoms with Crippen LogP contribution in [0.25, 0.3) is 0 Å². The van der Waals surface area contributed by atoms with Crippen LogP contribution in [0.3, 0.4) is 0 Å². The van der Waals surface area contributed by atoms with E-state index >= 15 is 0 Å². The molecular formula is C8H12O6. The molecule has 0 radical (unpaired) electrons. The van der Waals surface area contributed by atoms with E-state index in [4.69, 9.17) is 14.6 Å². The van der Waals surface area contributed by atoms with E-state index in [2.05, 4.69) is 0 Å². The van der Waals surface area contributed by atoms with Gasteiger partial charge in [-0.3, -0.25) is 4.79 Å². The second kappa shape index (κ2) is 3.25. The standard InChI is InChI=1S/C8H12O6/c9-3-8(5(11)2-14-8)7-6(12)4(10)1-13-7/h4,6-7,9-10,12H,1-3H2/t4-,6+,7-,8-/m0/s1. The summed E-state index contributed by atoms with van der Waals surface area (Å²) in [7, 11) is 0. The molecule has 80 valence electrons. The summed E-state index contributed by atoms with van der Waals surface area (Å²) in [6, 6.07) is 0. The summed E-state index contributed by atoms with van der Waals surface area (Å²) in [5.41, 5.74) is -1.46. The third-order valence-corrected chi connectivity index (χ3v) is 2.78. The Morgan fingerprint density at radius 1 is 1.50 bits per heavy atom. The molecule has 0 aromatic carbocycles. The van der Waals surface area contributed by atoms with E-state index in [1.165, 1.54) is 0 Å². The van der Waals surface area contributed by atoms with E-state index in [0.717, 1.165) is 0 Å². The third kappa shape index (κ3) is 1.12. The van der Waals surface area contributed by atoms with Gasteiger partial charge in [-0.2, -0.15) is 0 Å². The minimum Gasteiger partial charge on any atom is -0.393 e. The molecule has 2 saturated heterocycles. The fraction of sp³-hybridized carbons (Fsp3) is 0.875. The van der Waals surface area contributed by atoms with Gasteiger partial charge >= 0.3 is 0 Å². The fourth-order valence-corrected chi connectivity index (χ4v) is 1.79. The van der Waals surface area contributed by atoms with Crippen LogP contribution in [0.15, 0.2) is 0 Å². The first-order valence-electron chi connectivity index (χ1n) is 4.37. The van der Waals surface area contributed by atoms with Crippen LogP contribution in [0.1, 0.15) is 0 Å². The van der Waals surface area contributed by atoms with Crippen LogP contribution in [0.4, 0.5) is 0 Å². The summed E-state index contributed by atoms with van der Waals surface area (Å²) >= 11 is 0. The average Bonchev–Trinajstić information content (AvgIpc) is 2.49. The number of hydrogen-bond donors (Lipinski definition) is 3. The number of rotatable bonds is 2. The van der Waals surface area contributed by atoms with E-state index in [1.807, 2.05) is 0 Å². The van der Waals surface area contributed by atoms with Crippen LogP contribution in [-0.4, -0.2) is 64.8 Å². The lowest BCUT2D eigenvalue weighted by Gasteiger charge is -2.43. The van der Waals surface area contributed by atoms with Crippen LogP contribution in [0.2, 0.25) is 0 Å². The van der Waals surface area contributed by atoms with Crippen molar-refractivity contribution in [2.24, 2.45) is 0 Å². The van der Waals surface area contributed by atoms with Gasteiger partial charge in [0.1, 0.15) is 24.9 Å². The Morgan fingerprint density at radius 3 is 2.50 bits per heavy atom. The second-order valence-corrected chi connectivity index (χ2v) is 3.57. The van der Waals surface area contributed by atoms with Crippen molar-refractivity contribution in [1.82, 2.24) is 0 Å². The number of aliphatic hydroxyl groups is 3. The summed E-state index contributed by atoms with van der Waals surface area (Å²) in [6.45, 7) is -0.673. The molecule has 0 aromatic heterocycles. The van der Waals surface area contributed by atoms with Gasteiger partial charge in [-0.15, -0.1) is 0 Å². The van der Waals surface area contributed by atoms with E-state index in [0.29, 0.717) is 0 Å². The van der Waals surface area contributed by atoms with Crippen molar-refractivity contribution in [3.05, 3.63) is 0 Å². The number of Topliss-reactive ketones (excluding diaryl/α,β-unsaturated/α-hetero) is 1. The Labute approximate surface area is 80.1 Å². The second-order valence-electron chi connectivity index (χ2n) is 3.57. The average molecular weight is 204 g/mol. The number of ketones is 1. The van der Waals surface area contributed by atoms with E-state index in [1.54, 1.807) is 0 Å². The van der Waals surface area contributed by atoms with Gasteiger partial charge < -0.3 is 24.8 Å². The molecule has 0 aromatic rings. The van der Waals surface area contributed by atoms with Crippen molar-refractivity contribution < 1.29 is 29.6 Å². The van der Waals surface area contributed by atoms with Gasteiger partial charge in [-0.1, -0.05) is 0 Å². The van der Waals surface area contributed by atoms with Crippen LogP contribution < -0.4 is 0 Å². The normalized spacial score (nSPS) is 47.9. The Bertz CT molecular complexity index is 250. The highest BCUT2D eigenvalue weighted by molar-refractivity contribution is 5.94. The van der Waals surface area contributed by atoms with Crippen LogP contribution in [-0.2, 0) is 14.3 Å². The number of carbonyl (C=O) groups excluding carboxylic acids is 1. The lowest BCUT2D eigenvalue weighted by atomic mass is 9.84. The van der Waals surface area contributed by atoms with Crippen molar-refractivity contribution in [1.29, 1.82) is 0 Å². The van der Waals surface area contributed by atoms with Crippen molar-refractivity contribution >= 4 is 5.78 Å². The molecule has 2 aliphatic heterocycles. The highest BCUT2D eigenvalue weighted by Crippen LogP contribution is 2.34. The molecule has 3 N–H and O–H groups in total. The van der Waals surface area contributed by atoms with Crippen molar-refractivity contribution in [2.45, 2.75) is 23.9 Å². The Kier molecular flexibility index (Phi) is 2.32. The van der Waals surface area contributed by atoms with Gasteiger partial charge in [0.05, 0.1) is 13.2 Å². The molecule has 0 spiro atoms. The van der Waals surface area contributed by atoms with E-state index < -0.39 is 30.5 Å². The monoisotopic (exact) mass is 204 g/mol. The molecule has 0 saturated carbocycles. The maximum Gasteiger partial charge on any atom is 0.195 e. The first-order chi connectivity index (χ1) is 6.62. The Hall–Kier alpha value is -0.530. The van der Waals surface area contributed by atoms with Crippen LogP contribution in [0.5, 0.6) is 0 Å². The number of aliphatic hydroxyl groups excluding tert-OH is 3. The zero-order chi connectivity index (χ0) is 10.3. The topological polar surface area (TPSA) is 96.2 Å². The Morgan fingerprint density at radius 2 is 2.21 bits per heavy atom. The fourth-order valence-electron chi connectivity index (χ4n) is 1.79. The minimum absolute atomic E-state index is 0.0514. The summed E-state index contributed by atoms with van der Waals surface area (Å²) < 4.78 is 10.0. The van der Waals surface area contributed by atoms with Crippen molar-refractivity contribution in [2.75, 3.05) is 19.8 Å². The SMILES string of the molecule is O=C1CO[C@]1(CO)[C@H]1OC[C@H](O)[C@H]1O. The van der Waals surface area contributed by atoms with Crippen LogP contribution in [0, 0.1) is 0 Å². The number of carbonyl (C=O) groups is 1. The molecular weight excluding hydrogens is 192 g/mol. The van der Waals surface area contributed by atoms with Gasteiger partial charge in [0, 0.05) is 0 Å². The molecule has 6 heteroatoms. The summed E-state index contributed by atoms with van der Waals surface area (Å²) in [5.74, 6) is -0.307. The predicted octanol–water partition coefficient (Wildman–Crippen LogP) is -2.56.